The lowest BCUT2D eigenvalue weighted by molar-refractivity contribution is 0.0130. The van der Waals surface area contributed by atoms with Crippen LogP contribution in [0, 0.1) is 5.41 Å². The lowest BCUT2D eigenvalue weighted by Gasteiger charge is -2.40. The fourth-order valence-corrected chi connectivity index (χ4v) is 4.27. The Balaban J connectivity index is 2.43. The lowest BCUT2D eigenvalue weighted by Crippen LogP contribution is -2.36. The van der Waals surface area contributed by atoms with Crippen molar-refractivity contribution in [3.05, 3.63) is 12.2 Å². The third kappa shape index (κ3) is 9.53. The number of unbranched alkanes of at least 4 members (excludes halogenated alkanes) is 8. The third-order valence-corrected chi connectivity index (χ3v) is 6.09. The second-order valence-corrected chi connectivity index (χ2v) is 8.37. The standard InChI is InChI=1S/C23H44O3/c1-2-3-4-6-9-14-21(25)16-19-23(18-12-10-15-22(23)26)17-11-7-5-8-13-20-24/h16,19,21-22,24-26H,2-15,17-18,20H2,1H3. The summed E-state index contributed by atoms with van der Waals surface area (Å²) in [6.45, 7) is 2.51. The van der Waals surface area contributed by atoms with Crippen LogP contribution >= 0.6 is 0 Å². The van der Waals surface area contributed by atoms with E-state index in [1.165, 1.54) is 38.5 Å². The van der Waals surface area contributed by atoms with Crippen LogP contribution in [-0.4, -0.2) is 34.1 Å². The van der Waals surface area contributed by atoms with Crippen molar-refractivity contribution in [3.8, 4) is 0 Å². The third-order valence-electron chi connectivity index (χ3n) is 6.09. The molecule has 0 amide bonds. The van der Waals surface area contributed by atoms with Crippen LogP contribution in [-0.2, 0) is 0 Å². The van der Waals surface area contributed by atoms with Gasteiger partial charge in [0.2, 0.25) is 0 Å². The van der Waals surface area contributed by atoms with Crippen LogP contribution in [0.3, 0.4) is 0 Å². The average molecular weight is 369 g/mol. The van der Waals surface area contributed by atoms with Crippen molar-refractivity contribution in [3.63, 3.8) is 0 Å². The van der Waals surface area contributed by atoms with Gasteiger partial charge in [0.1, 0.15) is 0 Å². The minimum absolute atomic E-state index is 0.127. The van der Waals surface area contributed by atoms with Gasteiger partial charge in [-0.15, -0.1) is 0 Å². The van der Waals surface area contributed by atoms with Crippen LogP contribution in [0.5, 0.6) is 0 Å². The molecule has 0 aliphatic heterocycles. The molecule has 0 aromatic carbocycles. The molecule has 3 atom stereocenters. The Kier molecular flexibility index (Phi) is 13.3. The average Bonchev–Trinajstić information content (AvgIpc) is 2.65. The van der Waals surface area contributed by atoms with E-state index in [-0.39, 0.29) is 17.6 Å². The highest BCUT2D eigenvalue weighted by atomic mass is 16.3. The SMILES string of the molecule is CCCCCCCC(O)C=CC1(CCCCCCCO)CCCCC1O. The molecule has 26 heavy (non-hydrogen) atoms. The number of rotatable bonds is 15. The second kappa shape index (κ2) is 14.6. The summed E-state index contributed by atoms with van der Waals surface area (Å²) in [6, 6.07) is 0. The number of hydrogen-bond acceptors (Lipinski definition) is 3. The van der Waals surface area contributed by atoms with Gasteiger partial charge in [-0.05, 0) is 32.1 Å². The normalized spacial score (nSPS) is 25.0. The van der Waals surface area contributed by atoms with Crippen molar-refractivity contribution < 1.29 is 15.3 Å². The molecule has 0 aromatic heterocycles. The van der Waals surface area contributed by atoms with Crippen LogP contribution in [0.25, 0.3) is 0 Å². The highest BCUT2D eigenvalue weighted by molar-refractivity contribution is 5.07. The van der Waals surface area contributed by atoms with Gasteiger partial charge in [0, 0.05) is 12.0 Å². The first-order valence-corrected chi connectivity index (χ1v) is 11.3. The summed E-state index contributed by atoms with van der Waals surface area (Å²) in [6.07, 6.45) is 21.2. The predicted octanol–water partition coefficient (Wildman–Crippen LogP) is 5.52. The van der Waals surface area contributed by atoms with Crippen LogP contribution in [0.2, 0.25) is 0 Å². The maximum Gasteiger partial charge on any atom is 0.0721 e. The molecular formula is C23H44O3. The molecule has 1 aliphatic carbocycles. The first-order valence-electron chi connectivity index (χ1n) is 11.3. The molecule has 1 saturated carbocycles. The molecule has 0 heterocycles. The zero-order valence-corrected chi connectivity index (χ0v) is 17.2. The van der Waals surface area contributed by atoms with Gasteiger partial charge < -0.3 is 15.3 Å². The van der Waals surface area contributed by atoms with Crippen LogP contribution in [0.1, 0.15) is 110 Å². The van der Waals surface area contributed by atoms with E-state index in [1.807, 2.05) is 6.08 Å². The molecular weight excluding hydrogens is 324 g/mol. The highest BCUT2D eigenvalue weighted by Gasteiger charge is 2.37. The number of hydrogen-bond donors (Lipinski definition) is 3. The molecule has 1 fully saturated rings. The van der Waals surface area contributed by atoms with Gasteiger partial charge in [-0.1, -0.05) is 89.7 Å². The van der Waals surface area contributed by atoms with Crippen LogP contribution in [0.4, 0.5) is 0 Å². The number of aliphatic hydroxyl groups excluding tert-OH is 3. The first kappa shape index (κ1) is 23.7. The number of aliphatic hydroxyl groups is 3. The Labute approximate surface area is 161 Å². The zero-order valence-electron chi connectivity index (χ0n) is 17.2. The van der Waals surface area contributed by atoms with E-state index in [9.17, 15) is 10.2 Å². The highest BCUT2D eigenvalue weighted by Crippen LogP contribution is 2.42. The van der Waals surface area contributed by atoms with Gasteiger partial charge in [0.05, 0.1) is 12.2 Å². The Morgan fingerprint density at radius 1 is 0.962 bits per heavy atom. The Morgan fingerprint density at radius 3 is 2.38 bits per heavy atom. The van der Waals surface area contributed by atoms with E-state index in [4.69, 9.17) is 5.11 Å². The Hall–Kier alpha value is -0.380. The molecule has 0 spiro atoms. The second-order valence-electron chi connectivity index (χ2n) is 8.37. The lowest BCUT2D eigenvalue weighted by atomic mass is 9.68. The van der Waals surface area contributed by atoms with E-state index in [2.05, 4.69) is 13.0 Å². The van der Waals surface area contributed by atoms with Crippen molar-refractivity contribution in [2.24, 2.45) is 5.41 Å². The molecule has 3 unspecified atom stereocenters. The van der Waals surface area contributed by atoms with Gasteiger partial charge >= 0.3 is 0 Å². The molecule has 1 aliphatic rings. The van der Waals surface area contributed by atoms with Crippen molar-refractivity contribution >= 4 is 0 Å². The summed E-state index contributed by atoms with van der Waals surface area (Å²) in [5.74, 6) is 0. The quantitative estimate of drug-likeness (QED) is 0.263. The van der Waals surface area contributed by atoms with Gasteiger partial charge in [-0.2, -0.15) is 0 Å². The fourth-order valence-electron chi connectivity index (χ4n) is 4.27. The smallest absolute Gasteiger partial charge is 0.0721 e. The maximum atomic E-state index is 10.7. The molecule has 0 saturated heterocycles. The van der Waals surface area contributed by atoms with Gasteiger partial charge in [0.25, 0.3) is 0 Å². The molecule has 3 N–H and O–H groups in total. The largest absolute Gasteiger partial charge is 0.396 e. The maximum absolute atomic E-state index is 10.7. The monoisotopic (exact) mass is 368 g/mol. The minimum atomic E-state index is -0.368. The summed E-state index contributed by atoms with van der Waals surface area (Å²) in [4.78, 5) is 0. The molecule has 0 aromatic rings. The van der Waals surface area contributed by atoms with Crippen molar-refractivity contribution in [2.75, 3.05) is 6.61 Å². The summed E-state index contributed by atoms with van der Waals surface area (Å²) in [7, 11) is 0. The van der Waals surface area contributed by atoms with Crippen LogP contribution in [0.15, 0.2) is 12.2 Å². The van der Waals surface area contributed by atoms with E-state index >= 15 is 0 Å². The van der Waals surface area contributed by atoms with Crippen LogP contribution < -0.4 is 0 Å². The van der Waals surface area contributed by atoms with Crippen molar-refractivity contribution in [1.29, 1.82) is 0 Å². The minimum Gasteiger partial charge on any atom is -0.396 e. The van der Waals surface area contributed by atoms with E-state index in [0.29, 0.717) is 6.61 Å². The molecule has 0 bridgehead atoms. The Bertz CT molecular complexity index is 355. The summed E-state index contributed by atoms with van der Waals surface area (Å²) in [5, 5.41) is 29.9. The van der Waals surface area contributed by atoms with Gasteiger partial charge in [0.15, 0.2) is 0 Å². The molecule has 3 heteroatoms. The summed E-state index contributed by atoms with van der Waals surface area (Å²) in [5.41, 5.74) is -0.127. The van der Waals surface area contributed by atoms with E-state index in [0.717, 1.165) is 64.2 Å². The molecule has 1 rings (SSSR count). The predicted molar refractivity (Wildman–Crippen MR) is 110 cm³/mol. The topological polar surface area (TPSA) is 60.7 Å². The van der Waals surface area contributed by atoms with E-state index < -0.39 is 0 Å². The van der Waals surface area contributed by atoms with Gasteiger partial charge in [-0.3, -0.25) is 0 Å². The van der Waals surface area contributed by atoms with Gasteiger partial charge in [-0.25, -0.2) is 0 Å². The molecule has 0 radical (unpaired) electrons. The summed E-state index contributed by atoms with van der Waals surface area (Å²) < 4.78 is 0. The van der Waals surface area contributed by atoms with Crippen molar-refractivity contribution in [2.45, 2.75) is 122 Å². The molecule has 154 valence electrons. The molecule has 3 nitrogen and oxygen atoms in total. The first-order chi connectivity index (χ1) is 12.6. The summed E-state index contributed by atoms with van der Waals surface area (Å²) >= 11 is 0. The van der Waals surface area contributed by atoms with E-state index in [1.54, 1.807) is 0 Å². The van der Waals surface area contributed by atoms with Crippen molar-refractivity contribution in [1.82, 2.24) is 0 Å². The fraction of sp³-hybridized carbons (Fsp3) is 0.913. The zero-order chi connectivity index (χ0) is 19.1. The Morgan fingerprint density at radius 2 is 1.65 bits per heavy atom.